The molecule has 0 amide bonds. The first-order chi connectivity index (χ1) is 11.5. The highest BCUT2D eigenvalue weighted by Gasteiger charge is 2.22. The molecule has 5 nitrogen and oxygen atoms in total. The standard InChI is InChI=1S/C17H18ClFN4O/c1-10(2)15(17-22-21-14-5-3-4-6-23(14)17)20-9-11-7-12(18)8-13(19)16(11)24/h3-8,10,15,20,24H,9H2,1-2H3. The van der Waals surface area contributed by atoms with Gasteiger partial charge in [0.1, 0.15) is 0 Å². The quantitative estimate of drug-likeness (QED) is 0.737. The number of hydrogen-bond acceptors (Lipinski definition) is 4. The van der Waals surface area contributed by atoms with E-state index in [0.29, 0.717) is 5.56 Å². The Kier molecular flexibility index (Phi) is 4.69. The molecule has 0 aliphatic rings. The van der Waals surface area contributed by atoms with Crippen LogP contribution in [0.25, 0.3) is 5.65 Å². The number of hydrogen-bond donors (Lipinski definition) is 2. The van der Waals surface area contributed by atoms with E-state index in [1.807, 2.05) is 28.8 Å². The van der Waals surface area contributed by atoms with Gasteiger partial charge in [-0.05, 0) is 30.2 Å². The molecule has 1 aromatic carbocycles. The number of phenolic OH excluding ortho intramolecular Hbond substituents is 1. The highest BCUT2D eigenvalue weighted by atomic mass is 35.5. The zero-order valence-electron chi connectivity index (χ0n) is 13.4. The number of pyridine rings is 1. The molecule has 0 aliphatic carbocycles. The maximum Gasteiger partial charge on any atom is 0.166 e. The van der Waals surface area contributed by atoms with Gasteiger partial charge in [0.05, 0.1) is 6.04 Å². The monoisotopic (exact) mass is 348 g/mol. The Hall–Kier alpha value is -2.18. The molecule has 3 rings (SSSR count). The lowest BCUT2D eigenvalue weighted by molar-refractivity contribution is 0.379. The molecule has 0 bridgehead atoms. The van der Waals surface area contributed by atoms with Crippen LogP contribution in [0.4, 0.5) is 4.39 Å². The summed E-state index contributed by atoms with van der Waals surface area (Å²) in [5.41, 5.74) is 1.16. The van der Waals surface area contributed by atoms with E-state index in [0.717, 1.165) is 17.5 Å². The van der Waals surface area contributed by atoms with E-state index in [1.165, 1.54) is 0 Å². The third-order valence-electron chi connectivity index (χ3n) is 3.90. The van der Waals surface area contributed by atoms with Crippen LogP contribution in [0.3, 0.4) is 0 Å². The van der Waals surface area contributed by atoms with Gasteiger partial charge in [-0.15, -0.1) is 10.2 Å². The van der Waals surface area contributed by atoms with Crippen molar-refractivity contribution in [2.45, 2.75) is 26.4 Å². The van der Waals surface area contributed by atoms with Crippen LogP contribution < -0.4 is 5.32 Å². The van der Waals surface area contributed by atoms with Crippen molar-refractivity contribution >= 4 is 17.2 Å². The van der Waals surface area contributed by atoms with Crippen molar-refractivity contribution < 1.29 is 9.50 Å². The predicted octanol–water partition coefficient (Wildman–Crippen LogP) is 3.71. The second kappa shape index (κ2) is 6.75. The Morgan fingerprint density at radius 3 is 2.83 bits per heavy atom. The second-order valence-electron chi connectivity index (χ2n) is 5.98. The summed E-state index contributed by atoms with van der Waals surface area (Å²) in [5.74, 6) is -0.139. The fraction of sp³-hybridized carbons (Fsp3) is 0.294. The molecule has 0 saturated heterocycles. The largest absolute Gasteiger partial charge is 0.505 e. The number of aromatic nitrogens is 3. The molecule has 2 aromatic heterocycles. The molecule has 2 heterocycles. The van der Waals surface area contributed by atoms with Crippen LogP contribution in [0.1, 0.15) is 31.3 Å². The third-order valence-corrected chi connectivity index (χ3v) is 4.12. The molecule has 1 unspecified atom stereocenters. The minimum atomic E-state index is -0.728. The lowest BCUT2D eigenvalue weighted by Crippen LogP contribution is -2.27. The number of halogens is 2. The highest BCUT2D eigenvalue weighted by molar-refractivity contribution is 6.30. The maximum absolute atomic E-state index is 13.6. The zero-order chi connectivity index (χ0) is 17.3. The summed E-state index contributed by atoms with van der Waals surface area (Å²) in [6.07, 6.45) is 1.90. The SMILES string of the molecule is CC(C)C(NCc1cc(Cl)cc(F)c1O)c1nnc2ccccn12. The summed E-state index contributed by atoms with van der Waals surface area (Å²) in [6.45, 7) is 4.37. The Morgan fingerprint density at radius 2 is 2.08 bits per heavy atom. The number of aromatic hydroxyl groups is 1. The Labute approximate surface area is 144 Å². The van der Waals surface area contributed by atoms with E-state index < -0.39 is 5.82 Å². The number of phenols is 1. The van der Waals surface area contributed by atoms with Crippen LogP contribution in [-0.4, -0.2) is 19.7 Å². The van der Waals surface area contributed by atoms with Crippen LogP contribution in [0.2, 0.25) is 5.02 Å². The van der Waals surface area contributed by atoms with Gasteiger partial charge >= 0.3 is 0 Å². The Balaban J connectivity index is 1.88. The van der Waals surface area contributed by atoms with Crippen LogP contribution in [0.5, 0.6) is 5.75 Å². The summed E-state index contributed by atoms with van der Waals surface area (Å²) >= 11 is 5.87. The molecule has 24 heavy (non-hydrogen) atoms. The van der Waals surface area contributed by atoms with Crippen molar-refractivity contribution in [3.05, 3.63) is 58.8 Å². The molecule has 3 aromatic rings. The predicted molar refractivity (Wildman–Crippen MR) is 90.5 cm³/mol. The summed E-state index contributed by atoms with van der Waals surface area (Å²) in [6, 6.07) is 8.21. The fourth-order valence-corrected chi connectivity index (χ4v) is 2.90. The van der Waals surface area contributed by atoms with Gasteiger partial charge < -0.3 is 10.4 Å². The summed E-state index contributed by atoms with van der Waals surface area (Å²) < 4.78 is 15.5. The molecule has 126 valence electrons. The third kappa shape index (κ3) is 3.20. The topological polar surface area (TPSA) is 62.5 Å². The number of rotatable bonds is 5. The molecule has 1 atom stereocenters. The van der Waals surface area contributed by atoms with E-state index in [1.54, 1.807) is 6.07 Å². The van der Waals surface area contributed by atoms with Gasteiger partial charge in [-0.1, -0.05) is 31.5 Å². The van der Waals surface area contributed by atoms with Crippen LogP contribution in [-0.2, 0) is 6.54 Å². The second-order valence-corrected chi connectivity index (χ2v) is 6.42. The molecule has 0 spiro atoms. The van der Waals surface area contributed by atoms with Crippen LogP contribution >= 0.6 is 11.6 Å². The average molecular weight is 349 g/mol. The van der Waals surface area contributed by atoms with Crippen molar-refractivity contribution in [1.29, 1.82) is 0 Å². The first-order valence-electron chi connectivity index (χ1n) is 7.67. The normalized spacial score (nSPS) is 12.9. The zero-order valence-corrected chi connectivity index (χ0v) is 14.1. The van der Waals surface area contributed by atoms with Crippen molar-refractivity contribution in [2.75, 3.05) is 0 Å². The molecule has 0 aliphatic heterocycles. The van der Waals surface area contributed by atoms with Gasteiger partial charge in [-0.3, -0.25) is 4.40 Å². The molecule has 0 radical (unpaired) electrons. The molecule has 0 saturated carbocycles. The smallest absolute Gasteiger partial charge is 0.166 e. The number of nitrogens with zero attached hydrogens (tertiary/aromatic N) is 3. The molecule has 0 fully saturated rings. The summed E-state index contributed by atoms with van der Waals surface area (Å²) in [5, 5.41) is 21.9. The van der Waals surface area contributed by atoms with E-state index in [-0.39, 0.29) is 29.3 Å². The van der Waals surface area contributed by atoms with Gasteiger partial charge in [0.2, 0.25) is 0 Å². The number of nitrogens with one attached hydrogen (secondary N) is 1. The average Bonchev–Trinajstić information content (AvgIpc) is 2.96. The lowest BCUT2D eigenvalue weighted by atomic mass is 10.0. The van der Waals surface area contributed by atoms with E-state index >= 15 is 0 Å². The fourth-order valence-electron chi connectivity index (χ4n) is 2.67. The molecular formula is C17H18ClFN4O. The minimum Gasteiger partial charge on any atom is -0.505 e. The molecule has 7 heteroatoms. The molecular weight excluding hydrogens is 331 g/mol. The number of fused-ring (bicyclic) bond motifs is 1. The number of benzene rings is 1. The van der Waals surface area contributed by atoms with E-state index in [4.69, 9.17) is 11.6 Å². The van der Waals surface area contributed by atoms with Crippen LogP contribution in [0.15, 0.2) is 36.5 Å². The summed E-state index contributed by atoms with van der Waals surface area (Å²) in [7, 11) is 0. The van der Waals surface area contributed by atoms with E-state index in [9.17, 15) is 9.50 Å². The highest BCUT2D eigenvalue weighted by Crippen LogP contribution is 2.27. The van der Waals surface area contributed by atoms with Gasteiger partial charge in [-0.2, -0.15) is 0 Å². The lowest BCUT2D eigenvalue weighted by Gasteiger charge is -2.21. The first-order valence-corrected chi connectivity index (χ1v) is 8.05. The van der Waals surface area contributed by atoms with Gasteiger partial charge in [-0.25, -0.2) is 4.39 Å². The van der Waals surface area contributed by atoms with Gasteiger partial charge in [0.25, 0.3) is 0 Å². The van der Waals surface area contributed by atoms with Crippen molar-refractivity contribution in [1.82, 2.24) is 19.9 Å². The Bertz CT molecular complexity index is 865. The van der Waals surface area contributed by atoms with Crippen LogP contribution in [0, 0.1) is 11.7 Å². The van der Waals surface area contributed by atoms with Gasteiger partial charge in [0.15, 0.2) is 23.0 Å². The van der Waals surface area contributed by atoms with Crippen molar-refractivity contribution in [3.63, 3.8) is 0 Å². The molecule has 2 N–H and O–H groups in total. The maximum atomic E-state index is 13.6. The van der Waals surface area contributed by atoms with E-state index in [2.05, 4.69) is 29.4 Å². The Morgan fingerprint density at radius 1 is 1.29 bits per heavy atom. The summed E-state index contributed by atoms with van der Waals surface area (Å²) in [4.78, 5) is 0. The first kappa shape index (κ1) is 16.7. The van der Waals surface area contributed by atoms with Crippen molar-refractivity contribution in [2.24, 2.45) is 5.92 Å². The van der Waals surface area contributed by atoms with Gasteiger partial charge in [0, 0.05) is 23.3 Å². The minimum absolute atomic E-state index is 0.121. The van der Waals surface area contributed by atoms with Crippen molar-refractivity contribution in [3.8, 4) is 5.75 Å².